The monoisotopic (exact) mass is 371 g/mol. The van der Waals surface area contributed by atoms with E-state index in [4.69, 9.17) is 10.6 Å². The van der Waals surface area contributed by atoms with E-state index in [9.17, 15) is 20.2 Å². The first-order valence-electron chi connectivity index (χ1n) is 9.29. The summed E-state index contributed by atoms with van der Waals surface area (Å²) >= 11 is 0. The summed E-state index contributed by atoms with van der Waals surface area (Å²) < 4.78 is 0. The molecule has 4 aliphatic carbocycles. The third-order valence-electron chi connectivity index (χ3n) is 6.75. The van der Waals surface area contributed by atoms with Crippen molar-refractivity contribution in [1.29, 1.82) is 0 Å². The average Bonchev–Trinajstić information content (AvgIpc) is 2.39. The fourth-order valence-corrected chi connectivity index (χ4v) is 7.86. The van der Waals surface area contributed by atoms with Crippen LogP contribution in [0.4, 0.5) is 0 Å². The molecule has 3 unspecified atom stereocenters. The highest BCUT2D eigenvalue weighted by Gasteiger charge is 2.65. The SMILES string of the molecule is CC12CC3(C)CC(CCN)(C1)CC(CC(CO[N+](=O)[O-])O[N+](=O)[O-])(C2)C3. The normalized spacial score (nSPS) is 41.7. The molecular formula is C17H29N3O6. The molecule has 0 amide bonds. The zero-order chi connectivity index (χ0) is 19.2. The van der Waals surface area contributed by atoms with Crippen LogP contribution in [0, 0.1) is 41.9 Å². The molecule has 9 heteroatoms. The zero-order valence-electron chi connectivity index (χ0n) is 15.6. The molecule has 3 atom stereocenters. The Morgan fingerprint density at radius 1 is 0.962 bits per heavy atom. The van der Waals surface area contributed by atoms with E-state index >= 15 is 0 Å². The number of hydrogen-bond acceptors (Lipinski definition) is 7. The van der Waals surface area contributed by atoms with Crippen LogP contribution in [-0.4, -0.2) is 29.4 Å². The van der Waals surface area contributed by atoms with Crippen molar-refractivity contribution in [1.82, 2.24) is 0 Å². The number of hydrogen-bond donors (Lipinski definition) is 1. The van der Waals surface area contributed by atoms with Crippen LogP contribution in [0.25, 0.3) is 0 Å². The first-order chi connectivity index (χ1) is 12.0. The summed E-state index contributed by atoms with van der Waals surface area (Å²) in [6, 6.07) is 0. The summed E-state index contributed by atoms with van der Waals surface area (Å²) in [5.41, 5.74) is 6.38. The van der Waals surface area contributed by atoms with Crippen molar-refractivity contribution < 1.29 is 19.8 Å². The third kappa shape index (κ3) is 3.72. The van der Waals surface area contributed by atoms with Gasteiger partial charge in [0.25, 0.3) is 10.2 Å². The maximum Gasteiger partial charge on any atom is 0.294 e. The van der Waals surface area contributed by atoms with E-state index in [1.54, 1.807) is 0 Å². The van der Waals surface area contributed by atoms with Crippen molar-refractivity contribution in [2.75, 3.05) is 13.2 Å². The Morgan fingerprint density at radius 2 is 1.54 bits per heavy atom. The summed E-state index contributed by atoms with van der Waals surface area (Å²) in [5, 5.41) is 19.6. The fraction of sp³-hybridized carbons (Fsp3) is 1.00. The van der Waals surface area contributed by atoms with E-state index in [0.29, 0.717) is 13.0 Å². The molecule has 0 saturated heterocycles. The van der Waals surface area contributed by atoms with E-state index in [1.807, 2.05) is 0 Å². The van der Waals surface area contributed by atoms with Crippen LogP contribution in [0.1, 0.15) is 65.2 Å². The first-order valence-corrected chi connectivity index (χ1v) is 9.29. The molecule has 0 aliphatic heterocycles. The Bertz CT molecular complexity index is 579. The molecule has 4 rings (SSSR count). The smallest absolute Gasteiger partial charge is 0.294 e. The quantitative estimate of drug-likeness (QED) is 0.487. The molecule has 0 spiro atoms. The van der Waals surface area contributed by atoms with Gasteiger partial charge in [0, 0.05) is 0 Å². The largest absolute Gasteiger partial charge is 0.330 e. The third-order valence-corrected chi connectivity index (χ3v) is 6.75. The summed E-state index contributed by atoms with van der Waals surface area (Å²) in [4.78, 5) is 30.6. The molecule has 148 valence electrons. The molecule has 0 heterocycles. The van der Waals surface area contributed by atoms with Crippen molar-refractivity contribution in [2.45, 2.75) is 71.3 Å². The van der Waals surface area contributed by atoms with Crippen molar-refractivity contribution in [3.05, 3.63) is 20.2 Å². The second-order valence-electron chi connectivity index (χ2n) is 9.90. The van der Waals surface area contributed by atoms with Gasteiger partial charge < -0.3 is 15.4 Å². The lowest BCUT2D eigenvalue weighted by molar-refractivity contribution is -0.790. The maximum atomic E-state index is 10.9. The fourth-order valence-electron chi connectivity index (χ4n) is 7.86. The van der Waals surface area contributed by atoms with Gasteiger partial charge in [-0.3, -0.25) is 0 Å². The van der Waals surface area contributed by atoms with Gasteiger partial charge in [-0.1, -0.05) is 13.8 Å². The number of rotatable bonds is 9. The molecule has 2 N–H and O–H groups in total. The highest BCUT2D eigenvalue weighted by molar-refractivity contribution is 5.15. The molecule has 4 fully saturated rings. The number of nitrogens with zero attached hydrogens (tertiary/aromatic N) is 2. The van der Waals surface area contributed by atoms with Gasteiger partial charge in [0.2, 0.25) is 0 Å². The van der Waals surface area contributed by atoms with Crippen molar-refractivity contribution in [2.24, 2.45) is 27.4 Å². The zero-order valence-corrected chi connectivity index (χ0v) is 15.6. The molecule has 0 radical (unpaired) electrons. The standard InChI is InChI=1S/C17H29N3O6/c1-14-7-15(2)9-16(8-14,3-4-18)12-17(10-14,11-15)5-13(26-20(23)24)6-25-19(21)22/h13H,3-12,18H2,1-2H3. The van der Waals surface area contributed by atoms with Crippen LogP contribution in [0.5, 0.6) is 0 Å². The van der Waals surface area contributed by atoms with Gasteiger partial charge in [0.05, 0.1) is 0 Å². The molecule has 0 aromatic heterocycles. The Kier molecular flexibility index (Phi) is 4.57. The Labute approximate surface area is 152 Å². The topological polar surface area (TPSA) is 131 Å². The van der Waals surface area contributed by atoms with Gasteiger partial charge in [0.15, 0.2) is 0 Å². The molecule has 0 aromatic rings. The lowest BCUT2D eigenvalue weighted by Crippen LogP contribution is -2.60. The van der Waals surface area contributed by atoms with Gasteiger partial charge in [-0.05, 0) is 79.6 Å². The van der Waals surface area contributed by atoms with Crippen LogP contribution in [0.2, 0.25) is 0 Å². The summed E-state index contributed by atoms with van der Waals surface area (Å²) in [7, 11) is 0. The second-order valence-corrected chi connectivity index (χ2v) is 9.90. The highest BCUT2D eigenvalue weighted by atomic mass is 17.0. The highest BCUT2D eigenvalue weighted by Crippen LogP contribution is 2.75. The predicted octanol–water partition coefficient (Wildman–Crippen LogP) is 2.88. The first kappa shape index (κ1) is 19.1. The molecule has 0 aromatic carbocycles. The minimum Gasteiger partial charge on any atom is -0.330 e. The van der Waals surface area contributed by atoms with Crippen LogP contribution in [-0.2, 0) is 9.68 Å². The van der Waals surface area contributed by atoms with Crippen LogP contribution < -0.4 is 5.73 Å². The summed E-state index contributed by atoms with van der Waals surface area (Å²) in [5.74, 6) is 0. The Morgan fingerprint density at radius 3 is 2.04 bits per heavy atom. The summed E-state index contributed by atoms with van der Waals surface area (Å²) in [6.45, 7) is 4.87. The Balaban J connectivity index is 1.84. The number of nitrogens with two attached hydrogens (primary N) is 1. The van der Waals surface area contributed by atoms with Gasteiger partial charge in [-0.2, -0.15) is 0 Å². The van der Waals surface area contributed by atoms with E-state index in [2.05, 4.69) is 18.7 Å². The van der Waals surface area contributed by atoms with E-state index in [0.717, 1.165) is 38.5 Å². The van der Waals surface area contributed by atoms with Crippen LogP contribution >= 0.6 is 0 Å². The van der Waals surface area contributed by atoms with E-state index in [-0.39, 0.29) is 21.7 Å². The van der Waals surface area contributed by atoms with Gasteiger partial charge in [-0.15, -0.1) is 20.2 Å². The average molecular weight is 371 g/mol. The molecular weight excluding hydrogens is 342 g/mol. The molecule has 9 nitrogen and oxygen atoms in total. The van der Waals surface area contributed by atoms with Crippen LogP contribution in [0.15, 0.2) is 0 Å². The molecule has 4 aliphatic rings. The van der Waals surface area contributed by atoms with Crippen LogP contribution in [0.3, 0.4) is 0 Å². The van der Waals surface area contributed by atoms with E-state index in [1.165, 1.54) is 6.42 Å². The van der Waals surface area contributed by atoms with Crippen molar-refractivity contribution in [3.63, 3.8) is 0 Å². The molecule has 26 heavy (non-hydrogen) atoms. The van der Waals surface area contributed by atoms with Gasteiger partial charge in [-0.25, -0.2) is 0 Å². The summed E-state index contributed by atoms with van der Waals surface area (Å²) in [6.07, 6.45) is 6.87. The Hall–Kier alpha value is -1.64. The second kappa shape index (κ2) is 6.21. The lowest BCUT2D eigenvalue weighted by Gasteiger charge is -2.70. The maximum absolute atomic E-state index is 10.9. The minimum atomic E-state index is -0.922. The van der Waals surface area contributed by atoms with E-state index < -0.39 is 22.9 Å². The minimum absolute atomic E-state index is 0.103. The molecule has 4 saturated carbocycles. The van der Waals surface area contributed by atoms with Crippen molar-refractivity contribution in [3.8, 4) is 0 Å². The molecule has 4 bridgehead atoms. The van der Waals surface area contributed by atoms with Gasteiger partial charge >= 0.3 is 0 Å². The predicted molar refractivity (Wildman–Crippen MR) is 91.9 cm³/mol. The van der Waals surface area contributed by atoms with Crippen molar-refractivity contribution >= 4 is 0 Å². The van der Waals surface area contributed by atoms with Gasteiger partial charge in [0.1, 0.15) is 12.7 Å². The lowest BCUT2D eigenvalue weighted by atomic mass is 9.35.